The summed E-state index contributed by atoms with van der Waals surface area (Å²) in [5.74, 6) is 0.370. The number of rotatable bonds is 5. The predicted molar refractivity (Wildman–Crippen MR) is 106 cm³/mol. The molecule has 0 spiro atoms. The van der Waals surface area contributed by atoms with Gasteiger partial charge in [0, 0.05) is 37.2 Å². The highest BCUT2D eigenvalue weighted by atomic mass is 35.5. The van der Waals surface area contributed by atoms with Crippen LogP contribution in [0.1, 0.15) is 44.1 Å². The van der Waals surface area contributed by atoms with Crippen molar-refractivity contribution in [3.8, 4) is 0 Å². The minimum Gasteiger partial charge on any atom is -0.352 e. The van der Waals surface area contributed by atoms with Gasteiger partial charge < -0.3 is 10.2 Å². The molecule has 4 rings (SSSR count). The molecule has 3 aliphatic rings. The van der Waals surface area contributed by atoms with E-state index in [9.17, 15) is 9.59 Å². The third kappa shape index (κ3) is 4.14. The van der Waals surface area contributed by atoms with Crippen molar-refractivity contribution in [2.45, 2.75) is 50.0 Å². The van der Waals surface area contributed by atoms with Gasteiger partial charge in [-0.05, 0) is 43.4 Å². The van der Waals surface area contributed by atoms with E-state index in [1.165, 1.54) is 0 Å². The Labute approximate surface area is 166 Å². The number of piperazine rings is 1. The van der Waals surface area contributed by atoms with Crippen LogP contribution in [0.15, 0.2) is 24.3 Å². The van der Waals surface area contributed by atoms with Gasteiger partial charge in [0.25, 0.3) is 0 Å². The van der Waals surface area contributed by atoms with Gasteiger partial charge in [0.15, 0.2) is 0 Å². The molecule has 0 atom stereocenters. The molecule has 1 aliphatic heterocycles. The average molecular weight is 390 g/mol. The number of nitrogens with one attached hydrogen (secondary N) is 1. The van der Waals surface area contributed by atoms with Crippen molar-refractivity contribution in [2.75, 3.05) is 32.7 Å². The molecule has 2 amide bonds. The molecule has 0 aromatic heterocycles. The summed E-state index contributed by atoms with van der Waals surface area (Å²) < 4.78 is 0. The average Bonchev–Trinajstić information content (AvgIpc) is 3.34. The lowest BCUT2D eigenvalue weighted by Gasteiger charge is -2.40. The third-order valence-electron chi connectivity index (χ3n) is 6.23. The molecule has 1 aromatic rings. The minimum absolute atomic E-state index is 0.116. The highest BCUT2D eigenvalue weighted by molar-refractivity contribution is 6.30. The lowest BCUT2D eigenvalue weighted by Crippen LogP contribution is -2.55. The van der Waals surface area contributed by atoms with Crippen molar-refractivity contribution < 1.29 is 9.59 Å². The summed E-state index contributed by atoms with van der Waals surface area (Å²) in [6.45, 7) is 3.37. The van der Waals surface area contributed by atoms with Crippen molar-refractivity contribution in [1.29, 1.82) is 0 Å². The quantitative estimate of drug-likeness (QED) is 0.842. The molecule has 1 heterocycles. The maximum Gasteiger partial charge on any atom is 0.234 e. The van der Waals surface area contributed by atoms with E-state index in [2.05, 4.69) is 10.2 Å². The number of carbonyl (C=O) groups excluding carboxylic acids is 2. The van der Waals surface area contributed by atoms with Crippen LogP contribution < -0.4 is 5.32 Å². The first-order valence-electron chi connectivity index (χ1n) is 10.1. The van der Waals surface area contributed by atoms with Gasteiger partial charge in [-0.1, -0.05) is 36.6 Å². The molecule has 27 heavy (non-hydrogen) atoms. The highest BCUT2D eigenvalue weighted by Gasteiger charge is 2.45. The number of benzene rings is 1. The van der Waals surface area contributed by atoms with Crippen molar-refractivity contribution in [3.63, 3.8) is 0 Å². The van der Waals surface area contributed by atoms with Gasteiger partial charge in [0.2, 0.25) is 11.8 Å². The SMILES string of the molecule is O=C(CN1CCN(C(=O)C2(c3ccc(Cl)cc3)CCCC2)CC1)NC1CC1. The van der Waals surface area contributed by atoms with Gasteiger partial charge in [-0.25, -0.2) is 0 Å². The second-order valence-electron chi connectivity index (χ2n) is 8.21. The van der Waals surface area contributed by atoms with E-state index in [1.807, 2.05) is 29.2 Å². The molecule has 2 saturated carbocycles. The molecule has 2 aliphatic carbocycles. The Bertz CT molecular complexity index is 688. The van der Waals surface area contributed by atoms with Crippen LogP contribution in [0.2, 0.25) is 5.02 Å². The standard InChI is InChI=1S/C21H28ClN3O2/c22-17-5-3-16(4-6-17)21(9-1-2-10-21)20(27)25-13-11-24(12-14-25)15-19(26)23-18-7-8-18/h3-6,18H,1-2,7-15H2,(H,23,26). The molecular formula is C21H28ClN3O2. The molecule has 1 saturated heterocycles. The first-order valence-corrected chi connectivity index (χ1v) is 10.5. The Morgan fingerprint density at radius 1 is 1.04 bits per heavy atom. The summed E-state index contributed by atoms with van der Waals surface area (Å²) >= 11 is 6.05. The van der Waals surface area contributed by atoms with Gasteiger partial charge in [0.1, 0.15) is 0 Å². The van der Waals surface area contributed by atoms with Crippen LogP contribution in [-0.2, 0) is 15.0 Å². The zero-order chi connectivity index (χ0) is 18.9. The molecule has 0 radical (unpaired) electrons. The van der Waals surface area contributed by atoms with E-state index in [1.54, 1.807) is 0 Å². The molecule has 6 heteroatoms. The zero-order valence-electron chi connectivity index (χ0n) is 15.8. The predicted octanol–water partition coefficient (Wildman–Crippen LogP) is 2.57. The van der Waals surface area contributed by atoms with Crippen LogP contribution >= 0.6 is 11.6 Å². The normalized spacial score (nSPS) is 22.6. The summed E-state index contributed by atoms with van der Waals surface area (Å²) in [6.07, 6.45) is 6.24. The molecule has 146 valence electrons. The van der Waals surface area contributed by atoms with E-state index in [0.29, 0.717) is 30.7 Å². The van der Waals surface area contributed by atoms with Crippen LogP contribution in [0.5, 0.6) is 0 Å². The fourth-order valence-corrected chi connectivity index (χ4v) is 4.62. The molecular weight excluding hydrogens is 362 g/mol. The summed E-state index contributed by atoms with van der Waals surface area (Å²) in [7, 11) is 0. The number of hydrogen-bond acceptors (Lipinski definition) is 3. The maximum absolute atomic E-state index is 13.5. The van der Waals surface area contributed by atoms with Gasteiger partial charge in [-0.3, -0.25) is 14.5 Å². The van der Waals surface area contributed by atoms with E-state index >= 15 is 0 Å². The molecule has 0 unspecified atom stereocenters. The number of carbonyl (C=O) groups is 2. The molecule has 5 nitrogen and oxygen atoms in total. The lowest BCUT2D eigenvalue weighted by molar-refractivity contribution is -0.139. The topological polar surface area (TPSA) is 52.7 Å². The summed E-state index contributed by atoms with van der Waals surface area (Å²) in [4.78, 5) is 29.7. The van der Waals surface area contributed by atoms with Crippen molar-refractivity contribution in [3.05, 3.63) is 34.9 Å². The Morgan fingerprint density at radius 3 is 2.26 bits per heavy atom. The van der Waals surface area contributed by atoms with E-state index in [-0.39, 0.29) is 11.8 Å². The van der Waals surface area contributed by atoms with Gasteiger partial charge >= 0.3 is 0 Å². The van der Waals surface area contributed by atoms with Crippen molar-refractivity contribution in [2.24, 2.45) is 0 Å². The fraction of sp³-hybridized carbons (Fsp3) is 0.619. The Hall–Kier alpha value is -1.59. The van der Waals surface area contributed by atoms with Crippen LogP contribution in [0.4, 0.5) is 0 Å². The van der Waals surface area contributed by atoms with Crippen molar-refractivity contribution in [1.82, 2.24) is 15.1 Å². The van der Waals surface area contributed by atoms with Gasteiger partial charge in [-0.2, -0.15) is 0 Å². The molecule has 1 N–H and O–H groups in total. The van der Waals surface area contributed by atoms with Crippen LogP contribution in [0, 0.1) is 0 Å². The number of amides is 2. The maximum atomic E-state index is 13.5. The summed E-state index contributed by atoms with van der Waals surface area (Å²) in [5.41, 5.74) is 0.705. The van der Waals surface area contributed by atoms with Crippen LogP contribution in [0.25, 0.3) is 0 Å². The summed E-state index contributed by atoms with van der Waals surface area (Å²) in [5, 5.41) is 3.75. The first kappa shape index (κ1) is 18.8. The van der Waals surface area contributed by atoms with E-state index in [0.717, 1.165) is 57.2 Å². The van der Waals surface area contributed by atoms with Gasteiger partial charge in [0.05, 0.1) is 12.0 Å². The van der Waals surface area contributed by atoms with Crippen LogP contribution in [0.3, 0.4) is 0 Å². The largest absolute Gasteiger partial charge is 0.352 e. The minimum atomic E-state index is -0.393. The fourth-order valence-electron chi connectivity index (χ4n) is 4.49. The van der Waals surface area contributed by atoms with E-state index < -0.39 is 5.41 Å². The number of nitrogens with zero attached hydrogens (tertiary/aromatic N) is 2. The Morgan fingerprint density at radius 2 is 1.67 bits per heavy atom. The second-order valence-corrected chi connectivity index (χ2v) is 8.64. The molecule has 3 fully saturated rings. The second kappa shape index (κ2) is 7.80. The Kier molecular flexibility index (Phi) is 5.42. The first-order chi connectivity index (χ1) is 13.1. The smallest absolute Gasteiger partial charge is 0.234 e. The highest BCUT2D eigenvalue weighted by Crippen LogP contribution is 2.43. The Balaban J connectivity index is 1.38. The lowest BCUT2D eigenvalue weighted by atomic mass is 9.77. The number of halogens is 1. The molecule has 1 aromatic carbocycles. The third-order valence-corrected chi connectivity index (χ3v) is 6.48. The zero-order valence-corrected chi connectivity index (χ0v) is 16.5. The number of hydrogen-bond donors (Lipinski definition) is 1. The molecule has 0 bridgehead atoms. The van der Waals surface area contributed by atoms with Gasteiger partial charge in [-0.15, -0.1) is 0 Å². The van der Waals surface area contributed by atoms with E-state index in [4.69, 9.17) is 11.6 Å². The monoisotopic (exact) mass is 389 g/mol. The van der Waals surface area contributed by atoms with Crippen molar-refractivity contribution >= 4 is 23.4 Å². The summed E-state index contributed by atoms with van der Waals surface area (Å²) in [6, 6.07) is 8.22. The van der Waals surface area contributed by atoms with Crippen LogP contribution in [-0.4, -0.2) is 60.4 Å².